The van der Waals surface area contributed by atoms with Crippen LogP contribution >= 0.6 is 0 Å². The molecule has 0 fully saturated rings. The normalized spacial score (nSPS) is 12.4. The summed E-state index contributed by atoms with van der Waals surface area (Å²) in [5.41, 5.74) is 7.92. The number of fused-ring (bicyclic) bond motifs is 1. The quantitative estimate of drug-likeness (QED) is 0.644. The van der Waals surface area contributed by atoms with Crippen LogP contribution in [0.2, 0.25) is 0 Å². The Morgan fingerprint density at radius 2 is 2.29 bits per heavy atom. The van der Waals surface area contributed by atoms with Gasteiger partial charge < -0.3 is 20.5 Å². The molecule has 108 valence electrons. The van der Waals surface area contributed by atoms with E-state index in [1.165, 1.54) is 0 Å². The summed E-state index contributed by atoms with van der Waals surface area (Å²) in [5.74, 6) is 0.733. The topological polar surface area (TPSA) is 84.0 Å². The molecule has 5 nitrogen and oxygen atoms in total. The zero-order chi connectivity index (χ0) is 14.8. The predicted molar refractivity (Wildman–Crippen MR) is 82.1 cm³/mol. The Labute approximate surface area is 122 Å². The number of hydrogen-bond donors (Lipinski definition) is 3. The van der Waals surface area contributed by atoms with Gasteiger partial charge in [0.15, 0.2) is 0 Å². The lowest BCUT2D eigenvalue weighted by Gasteiger charge is -2.12. The van der Waals surface area contributed by atoms with Crippen LogP contribution in [0.15, 0.2) is 47.2 Å². The number of aromatic amines is 1. The van der Waals surface area contributed by atoms with E-state index in [1.54, 1.807) is 24.6 Å². The van der Waals surface area contributed by atoms with Crippen LogP contribution < -0.4 is 11.1 Å². The minimum Gasteiger partial charge on any atom is -0.469 e. The summed E-state index contributed by atoms with van der Waals surface area (Å²) in [5, 5.41) is 3.80. The average Bonchev–Trinajstić information content (AvgIpc) is 3.07. The van der Waals surface area contributed by atoms with Crippen molar-refractivity contribution in [2.75, 3.05) is 5.73 Å². The van der Waals surface area contributed by atoms with Crippen molar-refractivity contribution in [1.82, 2.24) is 10.3 Å². The zero-order valence-corrected chi connectivity index (χ0v) is 11.7. The van der Waals surface area contributed by atoms with E-state index >= 15 is 0 Å². The number of nitrogens with one attached hydrogen (secondary N) is 2. The molecule has 0 spiro atoms. The highest BCUT2D eigenvalue weighted by molar-refractivity contribution is 6.07. The van der Waals surface area contributed by atoms with Gasteiger partial charge in [-0.25, -0.2) is 0 Å². The van der Waals surface area contributed by atoms with Crippen LogP contribution in [0.5, 0.6) is 0 Å². The molecule has 0 bridgehead atoms. The molecule has 0 aliphatic heterocycles. The third kappa shape index (κ3) is 2.76. The van der Waals surface area contributed by atoms with Crippen LogP contribution in [0, 0.1) is 0 Å². The number of carbonyl (C=O) groups excluding carboxylic acids is 1. The first-order chi connectivity index (χ1) is 10.1. The fourth-order valence-electron chi connectivity index (χ4n) is 2.41. The van der Waals surface area contributed by atoms with E-state index < -0.39 is 0 Å². The van der Waals surface area contributed by atoms with Crippen LogP contribution in [0.4, 0.5) is 5.69 Å². The van der Waals surface area contributed by atoms with E-state index in [0.717, 1.165) is 16.7 Å². The molecule has 0 saturated carbocycles. The molecule has 2 aromatic heterocycles. The number of furan rings is 1. The smallest absolute Gasteiger partial charge is 0.253 e. The van der Waals surface area contributed by atoms with E-state index in [9.17, 15) is 4.79 Å². The molecule has 1 aromatic carbocycles. The lowest BCUT2D eigenvalue weighted by Crippen LogP contribution is -2.33. The van der Waals surface area contributed by atoms with Gasteiger partial charge in [0.2, 0.25) is 0 Å². The maximum atomic E-state index is 12.4. The third-order valence-corrected chi connectivity index (χ3v) is 3.42. The van der Waals surface area contributed by atoms with Crippen molar-refractivity contribution in [1.29, 1.82) is 0 Å². The molecule has 3 aromatic rings. The Hall–Kier alpha value is -2.69. The summed E-state index contributed by atoms with van der Waals surface area (Å²) in [6.07, 6.45) is 3.99. The first-order valence-electron chi connectivity index (χ1n) is 6.83. The lowest BCUT2D eigenvalue weighted by atomic mass is 10.1. The highest BCUT2D eigenvalue weighted by Crippen LogP contribution is 2.21. The van der Waals surface area contributed by atoms with Gasteiger partial charge in [0.25, 0.3) is 5.91 Å². The number of amides is 1. The van der Waals surface area contributed by atoms with Gasteiger partial charge in [0, 0.05) is 35.2 Å². The van der Waals surface area contributed by atoms with Gasteiger partial charge in [-0.1, -0.05) is 0 Å². The molecule has 0 aliphatic rings. The molecule has 5 heteroatoms. The first kappa shape index (κ1) is 13.3. The number of hydrogen-bond acceptors (Lipinski definition) is 3. The summed E-state index contributed by atoms with van der Waals surface area (Å²) in [6.45, 7) is 1.95. The molecule has 0 aliphatic carbocycles. The fraction of sp³-hybridized carbons (Fsp3) is 0.188. The Morgan fingerprint density at radius 1 is 1.43 bits per heavy atom. The summed E-state index contributed by atoms with van der Waals surface area (Å²) >= 11 is 0. The number of nitrogen functional groups attached to an aromatic ring is 1. The van der Waals surface area contributed by atoms with Crippen molar-refractivity contribution in [2.24, 2.45) is 0 Å². The van der Waals surface area contributed by atoms with Gasteiger partial charge in [0.05, 0.1) is 11.8 Å². The van der Waals surface area contributed by atoms with Crippen LogP contribution in [-0.2, 0) is 6.42 Å². The van der Waals surface area contributed by atoms with Gasteiger partial charge in [-0.3, -0.25) is 4.79 Å². The standard InChI is InChI=1S/C16H17N3O2/c1-10(7-12-3-2-6-21-12)19-16(20)14-9-18-15-5-4-11(17)8-13(14)15/h2-6,8-10,18H,7,17H2,1H3,(H,19,20). The van der Waals surface area contributed by atoms with E-state index in [0.29, 0.717) is 17.7 Å². The summed E-state index contributed by atoms with van der Waals surface area (Å²) < 4.78 is 5.29. The number of nitrogens with two attached hydrogens (primary N) is 1. The maximum Gasteiger partial charge on any atom is 0.253 e. The predicted octanol–water partition coefficient (Wildman–Crippen LogP) is 2.70. The molecular formula is C16H17N3O2. The molecule has 1 amide bonds. The molecule has 0 radical (unpaired) electrons. The second kappa shape index (κ2) is 5.36. The number of aromatic nitrogens is 1. The monoisotopic (exact) mass is 283 g/mol. The van der Waals surface area contributed by atoms with E-state index in [-0.39, 0.29) is 11.9 Å². The largest absolute Gasteiger partial charge is 0.469 e. The number of benzene rings is 1. The van der Waals surface area contributed by atoms with Crippen molar-refractivity contribution in [3.8, 4) is 0 Å². The Balaban J connectivity index is 1.76. The number of anilines is 1. The van der Waals surface area contributed by atoms with Crippen molar-refractivity contribution in [3.63, 3.8) is 0 Å². The van der Waals surface area contributed by atoms with Crippen LogP contribution in [0.1, 0.15) is 23.0 Å². The summed E-state index contributed by atoms with van der Waals surface area (Å²) in [6, 6.07) is 9.20. The van der Waals surface area contributed by atoms with Crippen molar-refractivity contribution >= 4 is 22.5 Å². The maximum absolute atomic E-state index is 12.4. The SMILES string of the molecule is CC(Cc1ccco1)NC(=O)c1c[nH]c2ccc(N)cc12. The number of rotatable bonds is 4. The lowest BCUT2D eigenvalue weighted by molar-refractivity contribution is 0.0941. The van der Waals surface area contributed by atoms with Gasteiger partial charge in [-0.05, 0) is 37.3 Å². The second-order valence-corrected chi connectivity index (χ2v) is 5.17. The Morgan fingerprint density at radius 3 is 3.05 bits per heavy atom. The van der Waals surface area contributed by atoms with Gasteiger partial charge in [0.1, 0.15) is 5.76 Å². The minimum absolute atomic E-state index is 0.0188. The molecule has 0 saturated heterocycles. The van der Waals surface area contributed by atoms with E-state index in [1.807, 2.05) is 25.1 Å². The molecule has 21 heavy (non-hydrogen) atoms. The van der Waals surface area contributed by atoms with Crippen LogP contribution in [0.25, 0.3) is 10.9 Å². The molecular weight excluding hydrogens is 266 g/mol. The van der Waals surface area contributed by atoms with E-state index in [2.05, 4.69) is 10.3 Å². The van der Waals surface area contributed by atoms with Gasteiger partial charge in [-0.15, -0.1) is 0 Å². The number of H-pyrrole nitrogens is 1. The zero-order valence-electron chi connectivity index (χ0n) is 11.7. The molecule has 2 heterocycles. The van der Waals surface area contributed by atoms with Crippen molar-refractivity contribution < 1.29 is 9.21 Å². The molecule has 1 atom stereocenters. The van der Waals surface area contributed by atoms with Crippen LogP contribution in [-0.4, -0.2) is 16.9 Å². The summed E-state index contributed by atoms with van der Waals surface area (Å²) in [4.78, 5) is 15.4. The number of carbonyl (C=O) groups is 1. The molecule has 4 N–H and O–H groups in total. The fourth-order valence-corrected chi connectivity index (χ4v) is 2.41. The minimum atomic E-state index is -0.120. The summed E-state index contributed by atoms with van der Waals surface area (Å²) in [7, 11) is 0. The second-order valence-electron chi connectivity index (χ2n) is 5.17. The molecule has 1 unspecified atom stereocenters. The van der Waals surface area contributed by atoms with Gasteiger partial charge in [-0.2, -0.15) is 0 Å². The highest BCUT2D eigenvalue weighted by atomic mass is 16.3. The third-order valence-electron chi connectivity index (χ3n) is 3.42. The Kier molecular flexibility index (Phi) is 3.39. The van der Waals surface area contributed by atoms with Crippen molar-refractivity contribution in [2.45, 2.75) is 19.4 Å². The van der Waals surface area contributed by atoms with Gasteiger partial charge >= 0.3 is 0 Å². The first-order valence-corrected chi connectivity index (χ1v) is 6.83. The molecule has 3 rings (SSSR count). The van der Waals surface area contributed by atoms with Crippen LogP contribution in [0.3, 0.4) is 0 Å². The Bertz CT molecular complexity index is 759. The highest BCUT2D eigenvalue weighted by Gasteiger charge is 2.15. The van der Waals surface area contributed by atoms with E-state index in [4.69, 9.17) is 10.2 Å². The van der Waals surface area contributed by atoms with Crippen molar-refractivity contribution in [3.05, 3.63) is 54.1 Å². The average molecular weight is 283 g/mol.